The fourth-order valence-electron chi connectivity index (χ4n) is 1.95. The zero-order valence-electron chi connectivity index (χ0n) is 11.1. The van der Waals surface area contributed by atoms with Crippen molar-refractivity contribution in [3.05, 3.63) is 76.3 Å². The maximum absolute atomic E-state index is 12.2. The molecule has 4 heteroatoms. The van der Waals surface area contributed by atoms with Crippen molar-refractivity contribution >= 4 is 39.2 Å². The highest BCUT2D eigenvalue weighted by atomic mass is 79.9. The first kappa shape index (κ1) is 14.0. The Morgan fingerprint density at radius 2 is 1.76 bits per heavy atom. The molecule has 0 N–H and O–H groups in total. The molecular formula is C17H12BrNOS. The second kappa shape index (κ2) is 6.24. The van der Waals surface area contributed by atoms with E-state index in [1.165, 1.54) is 0 Å². The van der Waals surface area contributed by atoms with Crippen molar-refractivity contribution in [3.8, 4) is 10.4 Å². The first-order valence-corrected chi connectivity index (χ1v) is 8.09. The van der Waals surface area contributed by atoms with Gasteiger partial charge in [0.25, 0.3) is 0 Å². The lowest BCUT2D eigenvalue weighted by Crippen LogP contribution is -2.24. The van der Waals surface area contributed by atoms with Crippen molar-refractivity contribution in [3.63, 3.8) is 0 Å². The second-order valence-electron chi connectivity index (χ2n) is 4.53. The van der Waals surface area contributed by atoms with Crippen LogP contribution >= 0.6 is 27.3 Å². The number of aromatic nitrogens is 1. The lowest BCUT2D eigenvalue weighted by molar-refractivity contribution is -0.563. The van der Waals surface area contributed by atoms with E-state index in [-0.39, 0.29) is 5.76 Å². The smallest absolute Gasteiger partial charge is 0.230 e. The number of hydrogen-bond donors (Lipinski definition) is 0. The van der Waals surface area contributed by atoms with Gasteiger partial charge in [-0.2, -0.15) is 4.57 Å². The fraction of sp³-hybridized carbons (Fsp3) is 0. The Balaban J connectivity index is 1.86. The van der Waals surface area contributed by atoms with E-state index in [1.807, 2.05) is 58.7 Å². The van der Waals surface area contributed by atoms with Crippen molar-refractivity contribution in [2.24, 2.45) is 0 Å². The zero-order chi connectivity index (χ0) is 14.7. The van der Waals surface area contributed by atoms with Gasteiger partial charge in [0.2, 0.25) is 5.51 Å². The molecule has 1 aromatic heterocycles. The molecule has 0 fully saturated rings. The van der Waals surface area contributed by atoms with Gasteiger partial charge >= 0.3 is 0 Å². The summed E-state index contributed by atoms with van der Waals surface area (Å²) in [6, 6.07) is 17.5. The van der Waals surface area contributed by atoms with Gasteiger partial charge in [0.05, 0.1) is 0 Å². The van der Waals surface area contributed by atoms with Gasteiger partial charge in [0.1, 0.15) is 4.88 Å². The molecule has 2 nitrogen and oxygen atoms in total. The predicted molar refractivity (Wildman–Crippen MR) is 88.3 cm³/mol. The third-order valence-electron chi connectivity index (χ3n) is 3.02. The van der Waals surface area contributed by atoms with E-state index in [9.17, 15) is 5.11 Å². The highest BCUT2D eigenvalue weighted by Crippen LogP contribution is 2.22. The maximum atomic E-state index is 12.2. The van der Waals surface area contributed by atoms with Crippen LogP contribution in [-0.2, 0) is 0 Å². The summed E-state index contributed by atoms with van der Waals surface area (Å²) in [6.07, 6.45) is 3.57. The Hall–Kier alpha value is -1.91. The van der Waals surface area contributed by atoms with E-state index in [2.05, 4.69) is 28.1 Å². The lowest BCUT2D eigenvalue weighted by atomic mass is 10.2. The van der Waals surface area contributed by atoms with Crippen molar-refractivity contribution in [1.82, 2.24) is 0 Å². The minimum Gasteiger partial charge on any atom is -0.868 e. The summed E-state index contributed by atoms with van der Waals surface area (Å²) in [6.45, 7) is 0. The molecule has 0 saturated heterocycles. The highest BCUT2D eigenvalue weighted by molar-refractivity contribution is 9.10. The summed E-state index contributed by atoms with van der Waals surface area (Å²) >= 11 is 4.98. The summed E-state index contributed by atoms with van der Waals surface area (Å²) in [5, 5.41) is 12.2. The van der Waals surface area contributed by atoms with Crippen molar-refractivity contribution in [2.75, 3.05) is 0 Å². The van der Waals surface area contributed by atoms with Crippen LogP contribution in [0.25, 0.3) is 22.4 Å². The topological polar surface area (TPSA) is 26.9 Å². The quantitative estimate of drug-likeness (QED) is 0.517. The van der Waals surface area contributed by atoms with Crippen molar-refractivity contribution in [2.45, 2.75) is 0 Å². The van der Waals surface area contributed by atoms with Gasteiger partial charge in [-0.25, -0.2) is 0 Å². The van der Waals surface area contributed by atoms with Gasteiger partial charge in [-0.15, -0.1) is 0 Å². The average Bonchev–Trinajstić information content (AvgIpc) is 2.97. The number of benzene rings is 2. The summed E-state index contributed by atoms with van der Waals surface area (Å²) < 4.78 is 2.78. The Kier molecular flexibility index (Phi) is 4.18. The van der Waals surface area contributed by atoms with Crippen LogP contribution in [0.3, 0.4) is 0 Å². The van der Waals surface area contributed by atoms with Gasteiger partial charge in [-0.1, -0.05) is 69.7 Å². The number of nitrogens with zero attached hydrogens (tertiary/aromatic N) is 1. The van der Waals surface area contributed by atoms with Gasteiger partial charge in [-0.05, 0) is 29.0 Å². The molecule has 2 aromatic carbocycles. The van der Waals surface area contributed by atoms with E-state index in [1.54, 1.807) is 17.5 Å². The van der Waals surface area contributed by atoms with Crippen LogP contribution in [0.1, 0.15) is 5.56 Å². The SMILES string of the molecule is [O-]/C(=C\[n+]1csc(-c2ccccc2)c1)c1ccc(Br)cc1. The molecular weight excluding hydrogens is 346 g/mol. The Morgan fingerprint density at radius 3 is 2.48 bits per heavy atom. The standard InChI is InChI=1S/C17H12BrNOS/c18-15-8-6-13(7-9-15)16(20)10-19-11-17(21-12-19)14-4-2-1-3-5-14/h1-12H/b16-10-. The minimum absolute atomic E-state index is 0.00934. The van der Waals surface area contributed by atoms with Crippen LogP contribution in [0.15, 0.2) is 70.8 Å². The molecule has 0 amide bonds. The van der Waals surface area contributed by atoms with Crippen LogP contribution in [-0.4, -0.2) is 0 Å². The number of halogens is 1. The van der Waals surface area contributed by atoms with Gasteiger partial charge in [0.15, 0.2) is 12.4 Å². The summed E-state index contributed by atoms with van der Waals surface area (Å²) in [5.74, 6) is -0.00934. The normalized spacial score (nSPS) is 11.6. The van der Waals surface area contributed by atoms with Crippen LogP contribution < -0.4 is 9.67 Å². The maximum Gasteiger partial charge on any atom is 0.230 e. The van der Waals surface area contributed by atoms with E-state index < -0.39 is 0 Å². The monoisotopic (exact) mass is 357 g/mol. The zero-order valence-corrected chi connectivity index (χ0v) is 13.5. The number of rotatable bonds is 3. The molecule has 0 spiro atoms. The van der Waals surface area contributed by atoms with Crippen molar-refractivity contribution in [1.29, 1.82) is 0 Å². The Morgan fingerprint density at radius 1 is 1.05 bits per heavy atom. The largest absolute Gasteiger partial charge is 0.868 e. The van der Waals surface area contributed by atoms with Crippen LogP contribution in [0.2, 0.25) is 0 Å². The molecule has 104 valence electrons. The molecule has 0 radical (unpaired) electrons. The molecule has 0 aliphatic carbocycles. The second-order valence-corrected chi connectivity index (χ2v) is 6.33. The first-order valence-electron chi connectivity index (χ1n) is 6.42. The molecule has 0 bridgehead atoms. The van der Waals surface area contributed by atoms with Gasteiger partial charge in [-0.3, -0.25) is 0 Å². The summed E-state index contributed by atoms with van der Waals surface area (Å²) in [5.41, 5.74) is 3.77. The third-order valence-corrected chi connectivity index (χ3v) is 4.49. The molecule has 0 aliphatic heterocycles. The number of hydrogen-bond acceptors (Lipinski definition) is 2. The molecule has 3 aromatic rings. The molecule has 0 saturated carbocycles. The van der Waals surface area contributed by atoms with E-state index in [4.69, 9.17) is 0 Å². The number of thiazole rings is 1. The minimum atomic E-state index is -0.00934. The summed E-state index contributed by atoms with van der Waals surface area (Å²) in [4.78, 5) is 1.13. The average molecular weight is 358 g/mol. The van der Waals surface area contributed by atoms with Gasteiger partial charge < -0.3 is 5.11 Å². The molecule has 0 unspecified atom stereocenters. The first-order chi connectivity index (χ1) is 10.2. The highest BCUT2D eigenvalue weighted by Gasteiger charge is 2.06. The fourth-order valence-corrected chi connectivity index (χ4v) is 3.03. The molecule has 0 aliphatic rings. The Bertz CT molecular complexity index is 763. The van der Waals surface area contributed by atoms with Crippen molar-refractivity contribution < 1.29 is 9.67 Å². The Labute approximate surface area is 135 Å². The molecule has 21 heavy (non-hydrogen) atoms. The van der Waals surface area contributed by atoms with Crippen LogP contribution in [0.4, 0.5) is 0 Å². The van der Waals surface area contributed by atoms with E-state index in [0.29, 0.717) is 5.56 Å². The van der Waals surface area contributed by atoms with Crippen LogP contribution in [0.5, 0.6) is 0 Å². The molecule has 0 atom stereocenters. The molecule has 1 heterocycles. The molecule has 3 rings (SSSR count). The predicted octanol–water partition coefficient (Wildman–Crippen LogP) is 3.78. The van der Waals surface area contributed by atoms with Crippen LogP contribution in [0, 0.1) is 0 Å². The van der Waals surface area contributed by atoms with E-state index in [0.717, 1.165) is 14.9 Å². The third kappa shape index (κ3) is 3.40. The summed E-state index contributed by atoms with van der Waals surface area (Å²) in [7, 11) is 0. The lowest BCUT2D eigenvalue weighted by Gasteiger charge is -2.08. The van der Waals surface area contributed by atoms with E-state index >= 15 is 0 Å². The van der Waals surface area contributed by atoms with Gasteiger partial charge in [0, 0.05) is 4.47 Å².